The van der Waals surface area contributed by atoms with Crippen LogP contribution in [0, 0.1) is 5.92 Å². The number of piperidine rings is 1. The van der Waals surface area contributed by atoms with Gasteiger partial charge in [-0.25, -0.2) is 8.42 Å². The summed E-state index contributed by atoms with van der Waals surface area (Å²) in [5, 5.41) is 0. The molecule has 6 heteroatoms. The first kappa shape index (κ1) is 21.5. The summed E-state index contributed by atoms with van der Waals surface area (Å²) >= 11 is 0. The van der Waals surface area contributed by atoms with E-state index >= 15 is 0 Å². The second kappa shape index (κ2) is 9.55. The SMILES string of the molecule is CCN(CC)S(=O)(=O)c1ccc(C(=O)N2CCC(Cc3ccccc3)CC2)cc1. The molecule has 0 N–H and O–H groups in total. The van der Waals surface area contributed by atoms with Crippen LogP contribution in [0.5, 0.6) is 0 Å². The highest BCUT2D eigenvalue weighted by Crippen LogP contribution is 2.23. The van der Waals surface area contributed by atoms with Crippen LogP contribution < -0.4 is 0 Å². The molecule has 156 valence electrons. The topological polar surface area (TPSA) is 57.7 Å². The molecular formula is C23H30N2O3S. The highest BCUT2D eigenvalue weighted by molar-refractivity contribution is 7.89. The molecule has 0 unspecified atom stereocenters. The molecule has 3 rings (SSSR count). The zero-order chi connectivity index (χ0) is 20.9. The van der Waals surface area contributed by atoms with Gasteiger partial charge in [0, 0.05) is 31.7 Å². The molecule has 0 spiro atoms. The molecular weight excluding hydrogens is 384 g/mol. The molecule has 1 fully saturated rings. The van der Waals surface area contributed by atoms with Crippen molar-refractivity contribution in [2.45, 2.75) is 38.0 Å². The number of amides is 1. The number of carbonyl (C=O) groups excluding carboxylic acids is 1. The average molecular weight is 415 g/mol. The van der Waals surface area contributed by atoms with Gasteiger partial charge < -0.3 is 4.90 Å². The summed E-state index contributed by atoms with van der Waals surface area (Å²) < 4.78 is 26.6. The van der Waals surface area contributed by atoms with Gasteiger partial charge in [-0.05, 0) is 55.0 Å². The van der Waals surface area contributed by atoms with Gasteiger partial charge in [0.05, 0.1) is 4.90 Å². The Balaban J connectivity index is 1.60. The van der Waals surface area contributed by atoms with Crippen molar-refractivity contribution < 1.29 is 13.2 Å². The lowest BCUT2D eigenvalue weighted by Gasteiger charge is -2.32. The highest BCUT2D eigenvalue weighted by Gasteiger charge is 2.25. The van der Waals surface area contributed by atoms with E-state index in [2.05, 4.69) is 24.3 Å². The van der Waals surface area contributed by atoms with Crippen molar-refractivity contribution >= 4 is 15.9 Å². The van der Waals surface area contributed by atoms with Crippen molar-refractivity contribution in [3.8, 4) is 0 Å². The molecule has 0 bridgehead atoms. The Morgan fingerprint density at radius 2 is 1.55 bits per heavy atom. The maximum absolute atomic E-state index is 12.8. The maximum Gasteiger partial charge on any atom is 0.253 e. The van der Waals surface area contributed by atoms with Gasteiger partial charge in [0.1, 0.15) is 0 Å². The summed E-state index contributed by atoms with van der Waals surface area (Å²) in [5.41, 5.74) is 1.90. The minimum absolute atomic E-state index is 0.0186. The number of hydrogen-bond donors (Lipinski definition) is 0. The van der Waals surface area contributed by atoms with Crippen LogP contribution in [0.25, 0.3) is 0 Å². The monoisotopic (exact) mass is 414 g/mol. The van der Waals surface area contributed by atoms with Crippen LogP contribution in [0.15, 0.2) is 59.5 Å². The zero-order valence-electron chi connectivity index (χ0n) is 17.3. The van der Waals surface area contributed by atoms with E-state index in [0.29, 0.717) is 24.6 Å². The van der Waals surface area contributed by atoms with Crippen LogP contribution in [-0.4, -0.2) is 49.7 Å². The van der Waals surface area contributed by atoms with Crippen molar-refractivity contribution in [3.05, 3.63) is 65.7 Å². The third-order valence-corrected chi connectivity index (χ3v) is 7.78. The highest BCUT2D eigenvalue weighted by atomic mass is 32.2. The number of sulfonamides is 1. The Morgan fingerprint density at radius 1 is 0.966 bits per heavy atom. The standard InChI is InChI=1S/C23H30N2O3S/c1-3-25(4-2)29(27,28)22-12-10-21(11-13-22)23(26)24-16-14-20(15-17-24)18-19-8-6-5-7-9-19/h5-13,20H,3-4,14-18H2,1-2H3. The summed E-state index contributed by atoms with van der Waals surface area (Å²) in [4.78, 5) is 15.0. The van der Waals surface area contributed by atoms with Gasteiger partial charge in [0.15, 0.2) is 0 Å². The van der Waals surface area contributed by atoms with E-state index in [1.54, 1.807) is 24.3 Å². The molecule has 1 aliphatic rings. The Hall–Kier alpha value is -2.18. The number of rotatable bonds is 7. The molecule has 1 saturated heterocycles. The van der Waals surface area contributed by atoms with Gasteiger partial charge in [-0.2, -0.15) is 4.31 Å². The van der Waals surface area contributed by atoms with Crippen LogP contribution in [0.1, 0.15) is 42.6 Å². The number of nitrogens with zero attached hydrogens (tertiary/aromatic N) is 2. The van der Waals surface area contributed by atoms with E-state index < -0.39 is 10.0 Å². The normalized spacial score (nSPS) is 15.6. The van der Waals surface area contributed by atoms with Crippen LogP contribution in [0.4, 0.5) is 0 Å². The molecule has 5 nitrogen and oxygen atoms in total. The van der Waals surface area contributed by atoms with Crippen molar-refractivity contribution in [3.63, 3.8) is 0 Å². The van der Waals surface area contributed by atoms with Gasteiger partial charge in [-0.15, -0.1) is 0 Å². The van der Waals surface area contributed by atoms with Crippen molar-refractivity contribution in [2.24, 2.45) is 5.92 Å². The summed E-state index contributed by atoms with van der Waals surface area (Å²) in [5.74, 6) is 0.581. The smallest absolute Gasteiger partial charge is 0.253 e. The van der Waals surface area contributed by atoms with Gasteiger partial charge in [-0.3, -0.25) is 4.79 Å². The van der Waals surface area contributed by atoms with E-state index in [1.165, 1.54) is 9.87 Å². The second-order valence-corrected chi connectivity index (χ2v) is 9.48. The quantitative estimate of drug-likeness (QED) is 0.692. The van der Waals surface area contributed by atoms with E-state index in [0.717, 1.165) is 32.4 Å². The Kier molecular flexibility index (Phi) is 7.09. The lowest BCUT2D eigenvalue weighted by molar-refractivity contribution is 0.0690. The second-order valence-electron chi connectivity index (χ2n) is 7.54. The van der Waals surface area contributed by atoms with Crippen LogP contribution >= 0.6 is 0 Å². The summed E-state index contributed by atoms with van der Waals surface area (Å²) in [7, 11) is -3.50. The van der Waals surface area contributed by atoms with E-state index in [1.807, 2.05) is 24.8 Å². The molecule has 1 amide bonds. The molecule has 0 aliphatic carbocycles. The summed E-state index contributed by atoms with van der Waals surface area (Å²) in [6, 6.07) is 16.8. The lowest BCUT2D eigenvalue weighted by atomic mass is 9.90. The Labute approximate surface area is 174 Å². The molecule has 0 radical (unpaired) electrons. The number of hydrogen-bond acceptors (Lipinski definition) is 3. The third kappa shape index (κ3) is 5.06. The summed E-state index contributed by atoms with van der Waals surface area (Å²) in [6.45, 7) is 5.99. The third-order valence-electron chi connectivity index (χ3n) is 5.71. The first-order valence-electron chi connectivity index (χ1n) is 10.4. The van der Waals surface area contributed by atoms with E-state index in [9.17, 15) is 13.2 Å². The van der Waals surface area contributed by atoms with Gasteiger partial charge in [-0.1, -0.05) is 44.2 Å². The van der Waals surface area contributed by atoms with Crippen LogP contribution in [-0.2, 0) is 16.4 Å². The van der Waals surface area contributed by atoms with Crippen LogP contribution in [0.2, 0.25) is 0 Å². The lowest BCUT2D eigenvalue weighted by Crippen LogP contribution is -2.39. The van der Waals surface area contributed by atoms with E-state index in [4.69, 9.17) is 0 Å². The first-order chi connectivity index (χ1) is 14.0. The fraction of sp³-hybridized carbons (Fsp3) is 0.435. The minimum Gasteiger partial charge on any atom is -0.339 e. The molecule has 0 saturated carbocycles. The van der Waals surface area contributed by atoms with Gasteiger partial charge in [0.2, 0.25) is 10.0 Å². The number of carbonyl (C=O) groups is 1. The van der Waals surface area contributed by atoms with Crippen molar-refractivity contribution in [1.82, 2.24) is 9.21 Å². The predicted octanol–water partition coefficient (Wildman–Crippen LogP) is 3.81. The fourth-order valence-electron chi connectivity index (χ4n) is 3.95. The molecule has 1 heterocycles. The molecule has 0 aromatic heterocycles. The van der Waals surface area contributed by atoms with Crippen LogP contribution in [0.3, 0.4) is 0 Å². The minimum atomic E-state index is -3.50. The molecule has 0 atom stereocenters. The van der Waals surface area contributed by atoms with Crippen molar-refractivity contribution in [1.29, 1.82) is 0 Å². The fourth-order valence-corrected chi connectivity index (χ4v) is 5.41. The molecule has 2 aromatic rings. The van der Waals surface area contributed by atoms with Gasteiger partial charge in [0.25, 0.3) is 5.91 Å². The molecule has 1 aliphatic heterocycles. The van der Waals surface area contributed by atoms with E-state index in [-0.39, 0.29) is 10.8 Å². The Morgan fingerprint density at radius 3 is 2.10 bits per heavy atom. The molecule has 29 heavy (non-hydrogen) atoms. The maximum atomic E-state index is 12.8. The van der Waals surface area contributed by atoms with Gasteiger partial charge >= 0.3 is 0 Å². The number of likely N-dealkylation sites (tertiary alicyclic amines) is 1. The average Bonchev–Trinajstić information content (AvgIpc) is 2.75. The zero-order valence-corrected chi connectivity index (χ0v) is 18.1. The molecule has 2 aromatic carbocycles. The first-order valence-corrected chi connectivity index (χ1v) is 11.8. The summed E-state index contributed by atoms with van der Waals surface area (Å²) in [6.07, 6.45) is 3.05. The Bertz CT molecular complexity index is 899. The predicted molar refractivity (Wildman–Crippen MR) is 115 cm³/mol. The van der Waals surface area contributed by atoms with Crippen molar-refractivity contribution in [2.75, 3.05) is 26.2 Å². The largest absolute Gasteiger partial charge is 0.339 e. The number of benzene rings is 2.